The molecule has 58 heavy (non-hydrogen) atoms. The lowest BCUT2D eigenvalue weighted by molar-refractivity contribution is -0.956. The zero-order valence-corrected chi connectivity index (χ0v) is 32.0. The number of aromatic nitrogens is 4. The fourth-order valence-electron chi connectivity index (χ4n) is 12.7. The molecule has 0 N–H and O–H groups in total. The van der Waals surface area contributed by atoms with Gasteiger partial charge in [-0.15, -0.1) is 0 Å². The number of hydrogen-bond donors (Lipinski definition) is 0. The van der Waals surface area contributed by atoms with Crippen molar-refractivity contribution < 1.29 is 9.13 Å². The van der Waals surface area contributed by atoms with Crippen LogP contribution in [0.15, 0.2) is 170 Å². The summed E-state index contributed by atoms with van der Waals surface area (Å²) in [5, 5.41) is 6.48. The Bertz CT molecular complexity index is 3720. The molecule has 1 atom stereocenters. The lowest BCUT2D eigenvalue weighted by Gasteiger charge is -2.45. The van der Waals surface area contributed by atoms with Gasteiger partial charge in [0, 0.05) is 33.2 Å². The molecule has 4 heteroatoms. The van der Waals surface area contributed by atoms with Crippen molar-refractivity contribution in [1.82, 2.24) is 8.97 Å². The van der Waals surface area contributed by atoms with Gasteiger partial charge in [0.2, 0.25) is 0 Å². The normalized spacial score (nSPS) is 17.0. The first-order chi connectivity index (χ1) is 28.6. The fraction of sp³-hybridized carbons (Fsp3) is 0.0741. The summed E-state index contributed by atoms with van der Waals surface area (Å²) in [6.45, 7) is 4.54. The summed E-state index contributed by atoms with van der Waals surface area (Å²) < 4.78 is 10.5. The number of nitrogens with zero attached hydrogens (tertiary/aromatic N) is 4. The minimum absolute atomic E-state index is 0.542. The van der Waals surface area contributed by atoms with Crippen LogP contribution in [0.4, 0.5) is 0 Å². The maximum absolute atomic E-state index is 2.70. The summed E-state index contributed by atoms with van der Waals surface area (Å²) in [5.74, 6) is 1.17. The molecule has 0 radical (unpaired) electrons. The van der Waals surface area contributed by atoms with Gasteiger partial charge in [0.25, 0.3) is 11.5 Å². The maximum Gasteiger partial charge on any atom is 0.311 e. The van der Waals surface area contributed by atoms with E-state index in [-0.39, 0.29) is 0 Å². The highest BCUT2D eigenvalue weighted by molar-refractivity contribution is 6.17. The van der Waals surface area contributed by atoms with Crippen molar-refractivity contribution in [1.29, 1.82) is 0 Å². The quantitative estimate of drug-likeness (QED) is 0.118. The lowest BCUT2D eigenvalue weighted by Crippen LogP contribution is -2.76. The van der Waals surface area contributed by atoms with Crippen LogP contribution in [0, 0.1) is 13.8 Å². The molecule has 2 aliphatic carbocycles. The van der Waals surface area contributed by atoms with E-state index in [4.69, 9.17) is 0 Å². The van der Waals surface area contributed by atoms with E-state index >= 15 is 0 Å². The molecule has 0 bridgehead atoms. The number of fused-ring (bicyclic) bond motifs is 15. The van der Waals surface area contributed by atoms with Crippen LogP contribution in [0.2, 0.25) is 0 Å². The van der Waals surface area contributed by atoms with Crippen LogP contribution in [0.3, 0.4) is 0 Å². The summed E-state index contributed by atoms with van der Waals surface area (Å²) >= 11 is 0. The van der Waals surface area contributed by atoms with Crippen LogP contribution in [0.25, 0.3) is 77.3 Å². The lowest BCUT2D eigenvalue weighted by atomic mass is 9.58. The Morgan fingerprint density at radius 1 is 0.483 bits per heavy atom. The molecule has 0 amide bonds. The zero-order valence-electron chi connectivity index (χ0n) is 32.0. The Morgan fingerprint density at radius 2 is 1.10 bits per heavy atom. The second-order valence-corrected chi connectivity index (χ2v) is 16.9. The van der Waals surface area contributed by atoms with Gasteiger partial charge in [0.05, 0.1) is 22.6 Å². The SMILES string of the molecule is Cc1cccc(C)c1-c1c[n+]2c3c4c5c(ccc4c4ccccc4n13)C1(c3ccccc3-c3ccccc31)c1ccc3c4ccccc4n4c3c1C52[n+]1ccccc1-4. The van der Waals surface area contributed by atoms with Gasteiger partial charge in [-0.05, 0) is 88.7 Å². The number of benzene rings is 7. The zero-order chi connectivity index (χ0) is 37.8. The van der Waals surface area contributed by atoms with E-state index in [0.29, 0.717) is 0 Å². The largest absolute Gasteiger partial charge is 0.311 e. The number of rotatable bonds is 1. The summed E-state index contributed by atoms with van der Waals surface area (Å²) in [5.41, 5.74) is 19.6. The van der Waals surface area contributed by atoms with Gasteiger partial charge in [-0.2, -0.15) is 18.1 Å². The minimum Gasteiger partial charge on any atom is -0.191 e. The molecular weight excluding hydrogens is 705 g/mol. The molecule has 4 aromatic heterocycles. The highest BCUT2D eigenvalue weighted by atomic mass is 15.4. The smallest absolute Gasteiger partial charge is 0.191 e. The summed E-state index contributed by atoms with van der Waals surface area (Å²) in [6, 6.07) is 60.0. The molecule has 7 aromatic carbocycles. The first-order valence-electron chi connectivity index (χ1n) is 20.5. The monoisotopic (exact) mass is 738 g/mol. The minimum atomic E-state index is -0.734. The molecule has 268 valence electrons. The van der Waals surface area contributed by atoms with Gasteiger partial charge in [-0.1, -0.05) is 121 Å². The van der Waals surface area contributed by atoms with E-state index in [9.17, 15) is 0 Å². The molecule has 2 aliphatic heterocycles. The molecule has 0 saturated carbocycles. The predicted octanol–water partition coefficient (Wildman–Crippen LogP) is 10.8. The van der Waals surface area contributed by atoms with Gasteiger partial charge in [-0.3, -0.25) is 0 Å². The van der Waals surface area contributed by atoms with Gasteiger partial charge < -0.3 is 0 Å². The van der Waals surface area contributed by atoms with Crippen LogP contribution >= 0.6 is 0 Å². The highest BCUT2D eigenvalue weighted by Crippen LogP contribution is 2.65. The van der Waals surface area contributed by atoms with Gasteiger partial charge >= 0.3 is 5.66 Å². The van der Waals surface area contributed by atoms with Crippen LogP contribution < -0.4 is 9.13 Å². The molecular formula is C54H34N4+2. The third kappa shape index (κ3) is 2.89. The number of aryl methyl sites for hydroxylation is 2. The molecule has 11 aromatic rings. The predicted molar refractivity (Wildman–Crippen MR) is 231 cm³/mol. The Kier molecular flexibility index (Phi) is 4.96. The maximum atomic E-state index is 2.70. The number of imidazole rings is 1. The first-order valence-corrected chi connectivity index (χ1v) is 20.5. The van der Waals surface area contributed by atoms with Crippen molar-refractivity contribution in [3.05, 3.63) is 215 Å². The molecule has 2 spiro atoms. The Hall–Kier alpha value is -7.30. The van der Waals surface area contributed by atoms with Crippen LogP contribution in [-0.2, 0) is 11.1 Å². The van der Waals surface area contributed by atoms with Crippen LogP contribution in [-0.4, -0.2) is 8.97 Å². The number of pyridine rings is 2. The van der Waals surface area contributed by atoms with E-state index in [1.165, 1.54) is 122 Å². The Balaban J connectivity index is 1.29. The topological polar surface area (TPSA) is 17.1 Å². The Labute approximate surface area is 333 Å². The van der Waals surface area contributed by atoms with Crippen molar-refractivity contribution in [3.8, 4) is 28.2 Å². The van der Waals surface area contributed by atoms with Crippen molar-refractivity contribution in [2.24, 2.45) is 0 Å². The van der Waals surface area contributed by atoms with E-state index in [1.54, 1.807) is 0 Å². The Morgan fingerprint density at radius 3 is 1.86 bits per heavy atom. The average molecular weight is 739 g/mol. The fourth-order valence-corrected chi connectivity index (χ4v) is 12.7. The van der Waals surface area contributed by atoms with Gasteiger partial charge in [-0.25, -0.2) is 0 Å². The molecule has 1 unspecified atom stereocenters. The third-order valence-electron chi connectivity index (χ3n) is 14.6. The summed E-state index contributed by atoms with van der Waals surface area (Å²) in [4.78, 5) is 0. The van der Waals surface area contributed by atoms with Crippen LogP contribution in [0.1, 0.15) is 44.5 Å². The first kappa shape index (κ1) is 29.9. The van der Waals surface area contributed by atoms with Crippen molar-refractivity contribution in [3.63, 3.8) is 0 Å². The van der Waals surface area contributed by atoms with Crippen molar-refractivity contribution in [2.75, 3.05) is 0 Å². The number of hydrogen-bond acceptors (Lipinski definition) is 0. The van der Waals surface area contributed by atoms with E-state index in [0.717, 1.165) is 0 Å². The van der Waals surface area contributed by atoms with Gasteiger partial charge in [0.15, 0.2) is 11.2 Å². The molecule has 0 fully saturated rings. The summed E-state index contributed by atoms with van der Waals surface area (Å²) in [7, 11) is 0. The van der Waals surface area contributed by atoms with E-state index in [2.05, 4.69) is 202 Å². The highest BCUT2D eigenvalue weighted by Gasteiger charge is 2.69. The van der Waals surface area contributed by atoms with Crippen molar-refractivity contribution in [2.45, 2.75) is 24.9 Å². The van der Waals surface area contributed by atoms with Crippen molar-refractivity contribution >= 4 is 49.1 Å². The molecule has 6 heterocycles. The third-order valence-corrected chi connectivity index (χ3v) is 14.6. The molecule has 4 aliphatic rings. The second-order valence-electron chi connectivity index (χ2n) is 16.9. The molecule has 0 saturated heterocycles. The van der Waals surface area contributed by atoms with E-state index < -0.39 is 11.1 Å². The average Bonchev–Trinajstić information content (AvgIpc) is 3.99. The van der Waals surface area contributed by atoms with E-state index in [1.807, 2.05) is 0 Å². The standard InChI is InChI=1S/C54H34N4/c1-31-14-13-15-32(2)47(31)45-30-56-52-48-37(35-18-5-9-22-43(35)57(45)52)25-27-41-49(48)54(56)50-42(53(41)39-20-7-3-16-33(39)34-17-4-8-21-40(34)53)28-26-38-36-19-6-10-23-44(36)58(51(38)50)46-24-11-12-29-55(46)54/h3-30H,1-2H3/q+2. The molecule has 15 rings (SSSR count). The van der Waals surface area contributed by atoms with Crippen LogP contribution in [0.5, 0.6) is 0 Å². The number of para-hydroxylation sites is 2. The summed E-state index contributed by atoms with van der Waals surface area (Å²) in [6.07, 6.45) is 4.87. The second kappa shape index (κ2) is 9.62. The van der Waals surface area contributed by atoms with Gasteiger partial charge in [0.1, 0.15) is 22.8 Å². The molecule has 4 nitrogen and oxygen atoms in total.